The molecule has 2 N–H and O–H groups in total. The normalized spacial score (nSPS) is 15.2. The van der Waals surface area contributed by atoms with Crippen molar-refractivity contribution in [2.75, 3.05) is 5.32 Å². The first kappa shape index (κ1) is 15.5. The Hall–Kier alpha value is -2.43. The maximum absolute atomic E-state index is 12.9. The van der Waals surface area contributed by atoms with E-state index in [9.17, 15) is 9.18 Å². The average Bonchev–Trinajstić information content (AvgIpc) is 2.58. The van der Waals surface area contributed by atoms with Gasteiger partial charge in [-0.1, -0.05) is 19.3 Å². The highest BCUT2D eigenvalue weighted by atomic mass is 19.1. The number of hydrogen-bond donors (Lipinski definition) is 2. The van der Waals surface area contributed by atoms with Crippen molar-refractivity contribution in [1.82, 2.24) is 10.3 Å². The predicted octanol–water partition coefficient (Wildman–Crippen LogP) is 4.03. The summed E-state index contributed by atoms with van der Waals surface area (Å²) in [6.07, 6.45) is 7.27. The zero-order valence-electron chi connectivity index (χ0n) is 12.9. The molecule has 0 saturated heterocycles. The molecular formula is C18H20FN3O. The van der Waals surface area contributed by atoms with Crippen molar-refractivity contribution in [2.45, 2.75) is 38.1 Å². The number of anilines is 2. The van der Waals surface area contributed by atoms with E-state index in [-0.39, 0.29) is 17.8 Å². The van der Waals surface area contributed by atoms with Gasteiger partial charge < -0.3 is 10.6 Å². The summed E-state index contributed by atoms with van der Waals surface area (Å²) in [5, 5.41) is 6.20. The lowest BCUT2D eigenvalue weighted by Gasteiger charge is -2.22. The number of carbonyl (C=O) groups is 1. The fraction of sp³-hybridized carbons (Fsp3) is 0.333. The molecule has 1 aliphatic carbocycles. The first-order chi connectivity index (χ1) is 11.2. The molecule has 0 radical (unpaired) electrons. The summed E-state index contributed by atoms with van der Waals surface area (Å²) in [4.78, 5) is 16.5. The van der Waals surface area contributed by atoms with Gasteiger partial charge in [-0.05, 0) is 49.2 Å². The van der Waals surface area contributed by atoms with Gasteiger partial charge in [0.2, 0.25) is 0 Å². The van der Waals surface area contributed by atoms with Gasteiger partial charge in [0.15, 0.2) is 0 Å². The Balaban J connectivity index is 1.66. The number of nitrogens with one attached hydrogen (secondary N) is 2. The summed E-state index contributed by atoms with van der Waals surface area (Å²) in [6.45, 7) is 0. The van der Waals surface area contributed by atoms with E-state index >= 15 is 0 Å². The van der Waals surface area contributed by atoms with Crippen LogP contribution in [0, 0.1) is 5.82 Å². The van der Waals surface area contributed by atoms with Crippen molar-refractivity contribution in [3.8, 4) is 0 Å². The lowest BCUT2D eigenvalue weighted by Crippen LogP contribution is -2.36. The van der Waals surface area contributed by atoms with Crippen molar-refractivity contribution >= 4 is 17.3 Å². The summed E-state index contributed by atoms with van der Waals surface area (Å²) < 4.78 is 12.9. The topological polar surface area (TPSA) is 54.0 Å². The smallest absolute Gasteiger partial charge is 0.270 e. The maximum atomic E-state index is 12.9. The highest BCUT2D eigenvalue weighted by molar-refractivity contribution is 5.93. The number of pyridine rings is 1. The van der Waals surface area contributed by atoms with Crippen LogP contribution in [0.25, 0.3) is 0 Å². The van der Waals surface area contributed by atoms with Crippen molar-refractivity contribution < 1.29 is 9.18 Å². The maximum Gasteiger partial charge on any atom is 0.270 e. The summed E-state index contributed by atoms with van der Waals surface area (Å²) in [6, 6.07) is 9.82. The first-order valence-electron chi connectivity index (χ1n) is 8.00. The molecular weight excluding hydrogens is 293 g/mol. The molecule has 0 aliphatic heterocycles. The minimum atomic E-state index is -0.280. The zero-order valence-corrected chi connectivity index (χ0v) is 12.9. The molecule has 5 heteroatoms. The molecule has 1 fully saturated rings. The van der Waals surface area contributed by atoms with Gasteiger partial charge in [-0.2, -0.15) is 0 Å². The molecule has 1 aliphatic rings. The number of halogens is 1. The quantitative estimate of drug-likeness (QED) is 0.896. The van der Waals surface area contributed by atoms with Gasteiger partial charge in [-0.3, -0.25) is 9.78 Å². The van der Waals surface area contributed by atoms with E-state index in [1.165, 1.54) is 31.4 Å². The third-order valence-corrected chi connectivity index (χ3v) is 4.07. The Labute approximate surface area is 135 Å². The van der Waals surface area contributed by atoms with Crippen LogP contribution in [0.4, 0.5) is 15.8 Å². The van der Waals surface area contributed by atoms with E-state index in [1.54, 1.807) is 30.5 Å². The van der Waals surface area contributed by atoms with Crippen LogP contribution >= 0.6 is 0 Å². The van der Waals surface area contributed by atoms with Crippen LogP contribution in [-0.4, -0.2) is 16.9 Å². The summed E-state index contributed by atoms with van der Waals surface area (Å²) >= 11 is 0. The molecule has 1 heterocycles. The fourth-order valence-corrected chi connectivity index (χ4v) is 2.84. The highest BCUT2D eigenvalue weighted by Gasteiger charge is 2.17. The Morgan fingerprint density at radius 1 is 1.04 bits per heavy atom. The van der Waals surface area contributed by atoms with Crippen molar-refractivity contribution in [1.29, 1.82) is 0 Å². The lowest BCUT2D eigenvalue weighted by molar-refractivity contribution is 0.0922. The molecule has 2 aromatic rings. The van der Waals surface area contributed by atoms with Crippen molar-refractivity contribution in [3.05, 3.63) is 54.1 Å². The van der Waals surface area contributed by atoms with Gasteiger partial charge in [0, 0.05) is 23.6 Å². The van der Waals surface area contributed by atoms with Crippen LogP contribution in [0.3, 0.4) is 0 Å². The second-order valence-electron chi connectivity index (χ2n) is 5.87. The van der Waals surface area contributed by atoms with Gasteiger partial charge in [0.25, 0.3) is 5.91 Å². The third-order valence-electron chi connectivity index (χ3n) is 4.07. The summed E-state index contributed by atoms with van der Waals surface area (Å²) in [7, 11) is 0. The van der Waals surface area contributed by atoms with Crippen LogP contribution in [0.5, 0.6) is 0 Å². The fourth-order valence-electron chi connectivity index (χ4n) is 2.84. The SMILES string of the molecule is O=C(NC1CCCCC1)c1cc(Nc2ccc(F)cc2)ccn1. The van der Waals surface area contributed by atoms with Crippen molar-refractivity contribution in [2.24, 2.45) is 0 Å². The molecule has 4 nitrogen and oxygen atoms in total. The first-order valence-corrected chi connectivity index (χ1v) is 8.00. The van der Waals surface area contributed by atoms with Crippen LogP contribution in [0.15, 0.2) is 42.6 Å². The van der Waals surface area contributed by atoms with Gasteiger partial charge in [0.05, 0.1) is 0 Å². The molecule has 0 atom stereocenters. The average molecular weight is 313 g/mol. The van der Waals surface area contributed by atoms with Gasteiger partial charge in [-0.25, -0.2) is 4.39 Å². The third kappa shape index (κ3) is 4.28. The number of carbonyl (C=O) groups excluding carboxylic acids is 1. The summed E-state index contributed by atoms with van der Waals surface area (Å²) in [5.74, 6) is -0.419. The number of amides is 1. The number of benzene rings is 1. The molecule has 1 aromatic carbocycles. The van der Waals surface area contributed by atoms with Crippen LogP contribution in [0.1, 0.15) is 42.6 Å². The van der Waals surface area contributed by atoms with E-state index in [4.69, 9.17) is 0 Å². The van der Waals surface area contributed by atoms with E-state index in [1.807, 2.05) is 0 Å². The van der Waals surface area contributed by atoms with Crippen LogP contribution in [0.2, 0.25) is 0 Å². The van der Waals surface area contributed by atoms with Crippen LogP contribution < -0.4 is 10.6 Å². The second kappa shape index (κ2) is 7.22. The van der Waals surface area contributed by atoms with Gasteiger partial charge in [0.1, 0.15) is 11.5 Å². The van der Waals surface area contributed by atoms with Crippen molar-refractivity contribution in [3.63, 3.8) is 0 Å². The van der Waals surface area contributed by atoms with E-state index in [0.29, 0.717) is 5.69 Å². The highest BCUT2D eigenvalue weighted by Crippen LogP contribution is 2.19. The Kier molecular flexibility index (Phi) is 4.86. The minimum absolute atomic E-state index is 0.139. The molecule has 0 unspecified atom stereocenters. The molecule has 1 saturated carbocycles. The number of hydrogen-bond acceptors (Lipinski definition) is 3. The number of nitrogens with zero attached hydrogens (tertiary/aromatic N) is 1. The minimum Gasteiger partial charge on any atom is -0.355 e. The van der Waals surface area contributed by atoms with E-state index < -0.39 is 0 Å². The van der Waals surface area contributed by atoms with Crippen LogP contribution in [-0.2, 0) is 0 Å². The molecule has 1 aromatic heterocycles. The molecule has 3 rings (SSSR count). The number of rotatable bonds is 4. The molecule has 1 amide bonds. The van der Waals surface area contributed by atoms with Gasteiger partial charge in [-0.15, -0.1) is 0 Å². The second-order valence-corrected chi connectivity index (χ2v) is 5.87. The summed E-state index contributed by atoms with van der Waals surface area (Å²) in [5.41, 5.74) is 1.90. The standard InChI is InChI=1S/C18H20FN3O/c19-13-6-8-15(9-7-13)21-16-10-11-20-17(12-16)18(23)22-14-4-2-1-3-5-14/h6-12,14H,1-5H2,(H,20,21)(H,22,23). The van der Waals surface area contributed by atoms with Gasteiger partial charge >= 0.3 is 0 Å². The number of aromatic nitrogens is 1. The Morgan fingerprint density at radius 2 is 1.78 bits per heavy atom. The Morgan fingerprint density at radius 3 is 2.52 bits per heavy atom. The predicted molar refractivity (Wildman–Crippen MR) is 88.3 cm³/mol. The molecule has 120 valence electrons. The molecule has 0 bridgehead atoms. The molecule has 0 spiro atoms. The zero-order chi connectivity index (χ0) is 16.1. The van der Waals surface area contributed by atoms with E-state index in [2.05, 4.69) is 15.6 Å². The molecule has 23 heavy (non-hydrogen) atoms. The monoisotopic (exact) mass is 313 g/mol. The lowest BCUT2D eigenvalue weighted by atomic mass is 9.95. The van der Waals surface area contributed by atoms with E-state index in [0.717, 1.165) is 24.2 Å². The Bertz CT molecular complexity index is 666. The largest absolute Gasteiger partial charge is 0.355 e.